The van der Waals surface area contributed by atoms with Crippen molar-refractivity contribution in [2.45, 2.75) is 31.0 Å². The van der Waals surface area contributed by atoms with Crippen LogP contribution in [0.15, 0.2) is 35.6 Å². The maximum atomic E-state index is 14.8. The number of amides is 1. The first kappa shape index (κ1) is 22.3. The third-order valence-electron chi connectivity index (χ3n) is 5.46. The molecule has 1 aromatic heterocycles. The zero-order chi connectivity index (χ0) is 22.9. The van der Waals surface area contributed by atoms with E-state index in [1.807, 2.05) is 0 Å². The first-order chi connectivity index (χ1) is 15.2. The summed E-state index contributed by atoms with van der Waals surface area (Å²) in [5, 5.41) is 3.03. The lowest BCUT2D eigenvalue weighted by Crippen LogP contribution is -2.37. The van der Waals surface area contributed by atoms with Gasteiger partial charge in [-0.3, -0.25) is 9.79 Å². The molecule has 2 heterocycles. The Kier molecular flexibility index (Phi) is 5.97. The van der Waals surface area contributed by atoms with E-state index in [2.05, 4.69) is 25.0 Å². The fourth-order valence-electron chi connectivity index (χ4n) is 4.05. The molecule has 4 rings (SSSR count). The maximum absolute atomic E-state index is 14.8. The van der Waals surface area contributed by atoms with Gasteiger partial charge in [-0.2, -0.15) is 13.2 Å². The van der Waals surface area contributed by atoms with Gasteiger partial charge in [-0.15, -0.1) is 0 Å². The highest BCUT2D eigenvalue weighted by atomic mass is 32.2. The molecule has 2 aromatic rings. The Morgan fingerprint density at radius 1 is 1.31 bits per heavy atom. The third kappa shape index (κ3) is 4.64. The van der Waals surface area contributed by atoms with Crippen LogP contribution >= 0.6 is 11.8 Å². The number of rotatable bonds is 5. The normalized spacial score (nSPS) is 22.8. The number of nitrogens with two attached hydrogens (primary N) is 1. The van der Waals surface area contributed by atoms with E-state index < -0.39 is 30.0 Å². The van der Waals surface area contributed by atoms with Gasteiger partial charge in [-0.25, -0.2) is 14.4 Å². The van der Waals surface area contributed by atoms with Gasteiger partial charge in [0.2, 0.25) is 5.88 Å². The van der Waals surface area contributed by atoms with Crippen molar-refractivity contribution in [3.8, 4) is 5.88 Å². The summed E-state index contributed by atoms with van der Waals surface area (Å²) in [5.41, 5.74) is 5.77. The van der Waals surface area contributed by atoms with E-state index in [4.69, 9.17) is 5.73 Å². The van der Waals surface area contributed by atoms with Crippen LogP contribution in [0.4, 0.5) is 23.2 Å². The van der Waals surface area contributed by atoms with Crippen LogP contribution < -0.4 is 15.8 Å². The van der Waals surface area contributed by atoms with Gasteiger partial charge in [-0.05, 0) is 37.0 Å². The van der Waals surface area contributed by atoms with Crippen LogP contribution in [0.5, 0.6) is 5.88 Å². The number of carbonyl (C=O) groups excluding carboxylic acids is 1. The second kappa shape index (κ2) is 8.57. The summed E-state index contributed by atoms with van der Waals surface area (Å²) in [6.07, 6.45) is -0.106. The highest BCUT2D eigenvalue weighted by Gasteiger charge is 2.48. The Labute approximate surface area is 184 Å². The summed E-state index contributed by atoms with van der Waals surface area (Å²) >= 11 is 1.46. The summed E-state index contributed by atoms with van der Waals surface area (Å²) in [5.74, 6) is -0.538. The molecule has 2 atom stereocenters. The van der Waals surface area contributed by atoms with E-state index in [0.717, 1.165) is 31.0 Å². The number of thioether (sulfide) groups is 1. The van der Waals surface area contributed by atoms with Crippen molar-refractivity contribution < 1.29 is 27.1 Å². The van der Waals surface area contributed by atoms with Crippen LogP contribution in [0.25, 0.3) is 0 Å². The number of nitrogens with one attached hydrogen (secondary N) is 1. The predicted molar refractivity (Wildman–Crippen MR) is 111 cm³/mol. The first-order valence-corrected chi connectivity index (χ1v) is 10.8. The van der Waals surface area contributed by atoms with E-state index in [0.29, 0.717) is 22.8 Å². The molecule has 7 nitrogen and oxygen atoms in total. The van der Waals surface area contributed by atoms with Crippen LogP contribution in [0.3, 0.4) is 0 Å². The van der Waals surface area contributed by atoms with E-state index in [-0.39, 0.29) is 17.5 Å². The molecule has 32 heavy (non-hydrogen) atoms. The van der Waals surface area contributed by atoms with Crippen LogP contribution in [0, 0.1) is 11.7 Å². The molecule has 12 heteroatoms. The molecule has 170 valence electrons. The number of nitrogens with zero attached hydrogens (tertiary/aromatic N) is 3. The molecule has 1 aromatic carbocycles. The van der Waals surface area contributed by atoms with Gasteiger partial charge in [-0.1, -0.05) is 18.2 Å². The number of hydrogen-bond acceptors (Lipinski definition) is 7. The molecule has 1 aliphatic carbocycles. The molecule has 1 amide bonds. The van der Waals surface area contributed by atoms with Gasteiger partial charge in [0.15, 0.2) is 11.8 Å². The smallest absolute Gasteiger partial charge is 0.422 e. The van der Waals surface area contributed by atoms with Gasteiger partial charge in [0.05, 0.1) is 17.9 Å². The predicted octanol–water partition coefficient (Wildman–Crippen LogP) is 3.87. The highest BCUT2D eigenvalue weighted by Crippen LogP contribution is 2.51. The number of fused-ring (bicyclic) bond motifs is 1. The van der Waals surface area contributed by atoms with Crippen LogP contribution in [0.2, 0.25) is 0 Å². The maximum Gasteiger partial charge on any atom is 0.422 e. The summed E-state index contributed by atoms with van der Waals surface area (Å²) in [7, 11) is 0. The van der Waals surface area contributed by atoms with E-state index in [1.54, 1.807) is 6.07 Å². The minimum atomic E-state index is -4.51. The lowest BCUT2D eigenvalue weighted by atomic mass is 9.81. The second-order valence-electron chi connectivity index (χ2n) is 7.57. The highest BCUT2D eigenvalue weighted by molar-refractivity contribution is 8.13. The molecular formula is C20H19F4N5O2S. The number of halogens is 4. The van der Waals surface area contributed by atoms with Crippen molar-refractivity contribution in [1.82, 2.24) is 9.97 Å². The largest absolute Gasteiger partial charge is 0.467 e. The Morgan fingerprint density at radius 2 is 2.12 bits per heavy atom. The van der Waals surface area contributed by atoms with Crippen molar-refractivity contribution in [3.05, 3.63) is 47.7 Å². The Balaban J connectivity index is 1.52. The molecule has 0 radical (unpaired) electrons. The van der Waals surface area contributed by atoms with Crippen molar-refractivity contribution >= 4 is 28.5 Å². The van der Waals surface area contributed by atoms with Crippen LogP contribution in [-0.2, 0) is 5.54 Å². The van der Waals surface area contributed by atoms with Crippen molar-refractivity contribution in [1.29, 1.82) is 0 Å². The average molecular weight is 469 g/mol. The molecular weight excluding hydrogens is 450 g/mol. The number of hydrogen-bond donors (Lipinski definition) is 2. The fourth-order valence-corrected chi connectivity index (χ4v) is 5.09. The zero-order valence-electron chi connectivity index (χ0n) is 16.7. The molecule has 1 saturated carbocycles. The van der Waals surface area contributed by atoms with Gasteiger partial charge >= 0.3 is 6.18 Å². The van der Waals surface area contributed by atoms with Crippen molar-refractivity contribution in [2.75, 3.05) is 17.7 Å². The molecule has 0 bridgehead atoms. The van der Waals surface area contributed by atoms with Gasteiger partial charge in [0.1, 0.15) is 11.5 Å². The number of anilines is 1. The minimum absolute atomic E-state index is 0.136. The topological polar surface area (TPSA) is 102 Å². The Bertz CT molecular complexity index is 1050. The van der Waals surface area contributed by atoms with Crippen molar-refractivity contribution in [3.63, 3.8) is 0 Å². The first-order valence-electron chi connectivity index (χ1n) is 9.77. The summed E-state index contributed by atoms with van der Waals surface area (Å²) in [4.78, 5) is 24.6. The fraction of sp³-hybridized carbons (Fsp3) is 0.400. The molecule has 1 aliphatic heterocycles. The molecule has 0 saturated heterocycles. The molecule has 0 spiro atoms. The zero-order valence-corrected chi connectivity index (χ0v) is 17.5. The second-order valence-corrected chi connectivity index (χ2v) is 8.61. The number of alkyl halides is 3. The van der Waals surface area contributed by atoms with Crippen LogP contribution in [0.1, 0.15) is 35.3 Å². The van der Waals surface area contributed by atoms with Gasteiger partial charge in [0.25, 0.3) is 5.91 Å². The van der Waals surface area contributed by atoms with E-state index >= 15 is 0 Å². The molecule has 0 unspecified atom stereocenters. The van der Waals surface area contributed by atoms with Gasteiger partial charge < -0.3 is 15.8 Å². The summed E-state index contributed by atoms with van der Waals surface area (Å²) < 4.78 is 55.9. The van der Waals surface area contributed by atoms with E-state index in [1.165, 1.54) is 23.9 Å². The lowest BCUT2D eigenvalue weighted by molar-refractivity contribution is -0.154. The number of aromatic nitrogens is 2. The van der Waals surface area contributed by atoms with E-state index in [9.17, 15) is 22.4 Å². The number of aliphatic imine (C=N–C) groups is 1. The summed E-state index contributed by atoms with van der Waals surface area (Å²) in [6, 6.07) is 4.23. The minimum Gasteiger partial charge on any atom is -0.467 e. The number of ether oxygens (including phenoxy) is 1. The monoisotopic (exact) mass is 469 g/mol. The van der Waals surface area contributed by atoms with Gasteiger partial charge in [0, 0.05) is 17.0 Å². The average Bonchev–Trinajstić information content (AvgIpc) is 3.17. The molecule has 2 aliphatic rings. The Morgan fingerprint density at radius 3 is 2.84 bits per heavy atom. The number of carbonyl (C=O) groups is 1. The number of benzene rings is 1. The third-order valence-corrected chi connectivity index (χ3v) is 6.42. The lowest BCUT2D eigenvalue weighted by Gasteiger charge is -2.36. The van der Waals surface area contributed by atoms with Crippen LogP contribution in [-0.4, -0.2) is 39.6 Å². The SMILES string of the molecule is NC1=N[C@@]2(c3cc(NC(=O)c4cnc(OCC(F)(F)F)cn4)ccc3F)CCC[C@H]2CS1. The quantitative estimate of drug-likeness (QED) is 0.645. The Hall–Kier alpha value is -2.89. The molecule has 3 N–H and O–H groups in total. The standard InChI is InChI=1S/C20H19F4N5O2S/c21-14-4-3-12(6-13(14)19-5-1-2-11(19)9-32-18(25)29-19)28-17(30)15-7-27-16(8-26-15)31-10-20(22,23)24/h3-4,6-8,11H,1-2,5,9-10H2,(H2,25,29)(H,28,30)/t11-,19-/m0/s1. The number of amidine groups is 1. The van der Waals surface area contributed by atoms with Crippen molar-refractivity contribution in [2.24, 2.45) is 16.6 Å². The molecule has 1 fully saturated rings. The summed E-state index contributed by atoms with van der Waals surface area (Å²) in [6.45, 7) is -1.51.